The molecule has 1 aromatic rings. The monoisotopic (exact) mass is 372 g/mol. The van der Waals surface area contributed by atoms with Crippen molar-refractivity contribution in [2.45, 2.75) is 24.5 Å². The number of amides is 1. The van der Waals surface area contributed by atoms with Gasteiger partial charge in [-0.3, -0.25) is 9.69 Å². The number of thioether (sulfide) groups is 1. The summed E-state index contributed by atoms with van der Waals surface area (Å²) in [7, 11) is 0. The smallest absolute Gasteiger partial charge is 0.229 e. The summed E-state index contributed by atoms with van der Waals surface area (Å²) in [4.78, 5) is 14.4. The van der Waals surface area contributed by atoms with E-state index in [1.165, 1.54) is 12.0 Å². The predicted octanol–water partition coefficient (Wildman–Crippen LogP) is 2.66. The maximum atomic E-state index is 11.8. The zero-order chi connectivity index (χ0) is 18.0. The Labute approximate surface area is 160 Å². The molecule has 1 aromatic carbocycles. The lowest BCUT2D eigenvalue weighted by molar-refractivity contribution is -0.118. The summed E-state index contributed by atoms with van der Waals surface area (Å²) in [5, 5.41) is 3.13. The largest absolute Gasteiger partial charge is 0.370 e. The summed E-state index contributed by atoms with van der Waals surface area (Å²) in [6.07, 6.45) is 9.09. The average molecular weight is 373 g/mol. The first kappa shape index (κ1) is 18.1. The zero-order valence-electron chi connectivity index (χ0n) is 15.4. The number of benzene rings is 1. The lowest BCUT2D eigenvalue weighted by atomic mass is 9.73. The minimum atomic E-state index is 0.0418. The fraction of sp³-hybridized carbons (Fsp3) is 0.571. The van der Waals surface area contributed by atoms with Gasteiger partial charge in [-0.15, -0.1) is 0 Å². The molecule has 1 amide bonds. The van der Waals surface area contributed by atoms with Crippen molar-refractivity contribution in [3.05, 3.63) is 42.0 Å². The lowest BCUT2D eigenvalue weighted by Gasteiger charge is -2.29. The maximum Gasteiger partial charge on any atom is 0.229 e. The zero-order valence-corrected chi connectivity index (χ0v) is 16.2. The summed E-state index contributed by atoms with van der Waals surface area (Å²) in [5.41, 5.74) is 1.29. The van der Waals surface area contributed by atoms with Crippen molar-refractivity contribution >= 4 is 23.7 Å². The van der Waals surface area contributed by atoms with Gasteiger partial charge in [0, 0.05) is 38.0 Å². The van der Waals surface area contributed by atoms with Gasteiger partial charge in [0.1, 0.15) is 0 Å². The van der Waals surface area contributed by atoms with Gasteiger partial charge < -0.3 is 10.1 Å². The van der Waals surface area contributed by atoms with Crippen LogP contribution in [0.3, 0.4) is 0 Å². The SMILES string of the molecule is CSCC(=O)NC[C@H]1[C@H]2CN(C/C=C/c3ccccc3)C[C@]23CC[C@H]1O3. The number of fused-ring (bicyclic) bond motifs is 1. The van der Waals surface area contributed by atoms with Gasteiger partial charge in [0.05, 0.1) is 17.5 Å². The highest BCUT2D eigenvalue weighted by Crippen LogP contribution is 2.54. The number of nitrogens with one attached hydrogen (secondary N) is 1. The predicted molar refractivity (Wildman–Crippen MR) is 107 cm³/mol. The molecule has 3 aliphatic heterocycles. The number of hydrogen-bond donors (Lipinski definition) is 1. The molecule has 3 fully saturated rings. The second-order valence-corrected chi connectivity index (χ2v) is 8.64. The van der Waals surface area contributed by atoms with Crippen LogP contribution in [0.5, 0.6) is 0 Å². The molecule has 4 atom stereocenters. The summed E-state index contributed by atoms with van der Waals surface area (Å²) in [5.74, 6) is 1.72. The molecule has 0 aliphatic carbocycles. The van der Waals surface area contributed by atoms with Gasteiger partial charge in [0.15, 0.2) is 0 Å². The van der Waals surface area contributed by atoms with Crippen LogP contribution in [0.4, 0.5) is 0 Å². The van der Waals surface area contributed by atoms with E-state index in [0.29, 0.717) is 23.7 Å². The van der Waals surface area contributed by atoms with Crippen molar-refractivity contribution in [3.8, 4) is 0 Å². The Kier molecular flexibility index (Phi) is 5.39. The number of ether oxygens (including phenoxy) is 1. The third-order valence-electron chi connectivity index (χ3n) is 6.14. The molecule has 0 radical (unpaired) electrons. The third-order valence-corrected chi connectivity index (χ3v) is 6.69. The Morgan fingerprint density at radius 1 is 1.42 bits per heavy atom. The van der Waals surface area contributed by atoms with E-state index in [1.807, 2.05) is 12.3 Å². The number of carbonyl (C=O) groups excluding carboxylic acids is 1. The Hall–Kier alpha value is -1.30. The summed E-state index contributed by atoms with van der Waals surface area (Å²) in [6, 6.07) is 10.4. The van der Waals surface area contributed by atoms with Gasteiger partial charge in [-0.2, -0.15) is 11.8 Å². The molecule has 0 saturated carbocycles. The number of hydrogen-bond acceptors (Lipinski definition) is 4. The second kappa shape index (κ2) is 7.75. The molecular formula is C21H28N2O2S. The highest BCUT2D eigenvalue weighted by atomic mass is 32.2. The van der Waals surface area contributed by atoms with Crippen LogP contribution in [0.2, 0.25) is 0 Å². The van der Waals surface area contributed by atoms with Crippen molar-refractivity contribution < 1.29 is 9.53 Å². The van der Waals surface area contributed by atoms with Crippen LogP contribution in [0.25, 0.3) is 6.08 Å². The summed E-state index contributed by atoms with van der Waals surface area (Å²) >= 11 is 1.57. The molecule has 5 heteroatoms. The number of carbonyl (C=O) groups is 1. The fourth-order valence-corrected chi connectivity index (χ4v) is 5.38. The van der Waals surface area contributed by atoms with Gasteiger partial charge in [0.2, 0.25) is 5.91 Å². The summed E-state index contributed by atoms with van der Waals surface area (Å²) < 4.78 is 6.46. The van der Waals surface area contributed by atoms with Crippen LogP contribution in [0.1, 0.15) is 18.4 Å². The maximum absolute atomic E-state index is 11.8. The molecule has 3 saturated heterocycles. The molecule has 3 aliphatic rings. The van der Waals surface area contributed by atoms with Crippen LogP contribution in [0.15, 0.2) is 36.4 Å². The Bertz CT molecular complexity index is 665. The van der Waals surface area contributed by atoms with Crippen molar-refractivity contribution in [2.24, 2.45) is 11.8 Å². The first-order chi connectivity index (χ1) is 12.7. The minimum absolute atomic E-state index is 0.0418. The Morgan fingerprint density at radius 3 is 3.08 bits per heavy atom. The summed E-state index contributed by atoms with van der Waals surface area (Å²) in [6.45, 7) is 3.85. The molecule has 1 N–H and O–H groups in total. The van der Waals surface area contributed by atoms with Crippen LogP contribution in [0, 0.1) is 11.8 Å². The molecule has 0 aromatic heterocycles. The quantitative estimate of drug-likeness (QED) is 0.799. The van der Waals surface area contributed by atoms with E-state index >= 15 is 0 Å². The number of likely N-dealkylation sites (tertiary alicyclic amines) is 1. The van der Waals surface area contributed by atoms with Gasteiger partial charge in [0.25, 0.3) is 0 Å². The van der Waals surface area contributed by atoms with Crippen LogP contribution in [-0.4, -0.2) is 60.7 Å². The van der Waals surface area contributed by atoms with E-state index in [4.69, 9.17) is 4.74 Å². The third kappa shape index (κ3) is 3.57. The number of rotatable bonds is 7. The molecule has 0 unspecified atom stereocenters. The molecule has 2 bridgehead atoms. The average Bonchev–Trinajstić information content (AvgIpc) is 3.29. The first-order valence-corrected chi connectivity index (χ1v) is 11.0. The molecule has 140 valence electrons. The van der Waals surface area contributed by atoms with Gasteiger partial charge in [-0.25, -0.2) is 0 Å². The molecule has 4 nitrogen and oxygen atoms in total. The van der Waals surface area contributed by atoms with Crippen LogP contribution < -0.4 is 5.32 Å². The number of nitrogens with zero attached hydrogens (tertiary/aromatic N) is 1. The van der Waals surface area contributed by atoms with E-state index in [2.05, 4.69) is 46.6 Å². The van der Waals surface area contributed by atoms with E-state index in [9.17, 15) is 4.79 Å². The molecule has 1 spiro atoms. The highest BCUT2D eigenvalue weighted by Gasteiger charge is 2.62. The van der Waals surface area contributed by atoms with Gasteiger partial charge in [-0.05, 0) is 24.7 Å². The van der Waals surface area contributed by atoms with E-state index in [0.717, 1.165) is 32.6 Å². The highest BCUT2D eigenvalue weighted by molar-refractivity contribution is 7.99. The van der Waals surface area contributed by atoms with E-state index < -0.39 is 0 Å². The molecule has 3 heterocycles. The molecular weight excluding hydrogens is 344 g/mol. The molecule has 26 heavy (non-hydrogen) atoms. The van der Waals surface area contributed by atoms with Crippen molar-refractivity contribution in [1.29, 1.82) is 0 Å². The van der Waals surface area contributed by atoms with Crippen molar-refractivity contribution in [2.75, 3.05) is 38.2 Å². The standard InChI is InChI=1S/C21H28N2O2S/c1-26-14-20(24)22-12-17-18-13-23(15-21(18)10-9-19(17)25-21)11-5-8-16-6-3-2-4-7-16/h2-8,17-19H,9-15H2,1H3,(H,22,24)/b8-5+/t17-,18+,19+,21+/m0/s1. The van der Waals surface area contributed by atoms with E-state index in [1.54, 1.807) is 11.8 Å². The Morgan fingerprint density at radius 2 is 2.27 bits per heavy atom. The van der Waals surface area contributed by atoms with Crippen LogP contribution in [-0.2, 0) is 9.53 Å². The lowest BCUT2D eigenvalue weighted by Crippen LogP contribution is -2.42. The first-order valence-electron chi connectivity index (χ1n) is 9.57. The van der Waals surface area contributed by atoms with Crippen molar-refractivity contribution in [3.63, 3.8) is 0 Å². The fourth-order valence-electron chi connectivity index (χ4n) is 5.01. The molecule has 4 rings (SSSR count). The Balaban J connectivity index is 1.34. The normalized spacial score (nSPS) is 33.0. The minimum Gasteiger partial charge on any atom is -0.370 e. The topological polar surface area (TPSA) is 41.6 Å². The second-order valence-electron chi connectivity index (χ2n) is 7.77. The van der Waals surface area contributed by atoms with Crippen molar-refractivity contribution in [1.82, 2.24) is 10.2 Å². The van der Waals surface area contributed by atoms with Gasteiger partial charge in [-0.1, -0.05) is 42.5 Å². The van der Waals surface area contributed by atoms with Gasteiger partial charge >= 0.3 is 0 Å². The van der Waals surface area contributed by atoms with Crippen LogP contribution >= 0.6 is 11.8 Å². The van der Waals surface area contributed by atoms with E-state index in [-0.39, 0.29) is 11.5 Å².